The molecule has 0 spiro atoms. The molecule has 19 heavy (non-hydrogen) atoms. The van der Waals surface area contributed by atoms with Crippen LogP contribution in [0.25, 0.3) is 0 Å². The lowest BCUT2D eigenvalue weighted by molar-refractivity contribution is 0.624. The first-order valence-corrected chi connectivity index (χ1v) is 6.75. The molecule has 2 rings (SSSR count). The fraction of sp³-hybridized carbons (Fsp3) is 0.294. The molecule has 2 aromatic rings. The van der Waals surface area contributed by atoms with Crippen molar-refractivity contribution in [3.8, 4) is 0 Å². The second kappa shape index (κ2) is 7.05. The Labute approximate surface area is 114 Å². The molecule has 0 radical (unpaired) electrons. The Morgan fingerprint density at radius 2 is 1.68 bits per heavy atom. The summed E-state index contributed by atoms with van der Waals surface area (Å²) in [5.74, 6) is -0.154. The first kappa shape index (κ1) is 13.8. The standard InChI is InChI=1S/C17H20FN/c1-14-13-17(18)8-7-16(14)10-12-19-11-9-15-5-3-2-4-6-15/h2-8,13,19H,9-12H2,1H3. The molecule has 0 fully saturated rings. The minimum absolute atomic E-state index is 0.154. The molecule has 0 aliphatic rings. The van der Waals surface area contributed by atoms with E-state index in [1.807, 2.05) is 19.1 Å². The molecule has 2 heteroatoms. The van der Waals surface area contributed by atoms with Gasteiger partial charge in [0.1, 0.15) is 5.82 Å². The number of hydrogen-bond donors (Lipinski definition) is 1. The molecule has 0 amide bonds. The van der Waals surface area contributed by atoms with Gasteiger partial charge >= 0.3 is 0 Å². The molecule has 0 aliphatic carbocycles. The average molecular weight is 257 g/mol. The number of aryl methyl sites for hydroxylation is 1. The summed E-state index contributed by atoms with van der Waals surface area (Å²) in [4.78, 5) is 0. The fourth-order valence-corrected chi connectivity index (χ4v) is 2.17. The fourth-order valence-electron chi connectivity index (χ4n) is 2.17. The molecule has 0 unspecified atom stereocenters. The lowest BCUT2D eigenvalue weighted by atomic mass is 10.1. The maximum absolute atomic E-state index is 13.0. The number of benzene rings is 2. The number of halogens is 1. The lowest BCUT2D eigenvalue weighted by Crippen LogP contribution is -2.20. The van der Waals surface area contributed by atoms with E-state index in [0.717, 1.165) is 31.5 Å². The van der Waals surface area contributed by atoms with Gasteiger partial charge in [-0.05, 0) is 61.7 Å². The van der Waals surface area contributed by atoms with E-state index < -0.39 is 0 Å². The van der Waals surface area contributed by atoms with Crippen LogP contribution in [0.5, 0.6) is 0 Å². The minimum atomic E-state index is -0.154. The van der Waals surface area contributed by atoms with Gasteiger partial charge < -0.3 is 5.32 Å². The lowest BCUT2D eigenvalue weighted by Gasteiger charge is -2.07. The predicted molar refractivity (Wildman–Crippen MR) is 77.9 cm³/mol. The van der Waals surface area contributed by atoms with Crippen LogP contribution in [-0.2, 0) is 12.8 Å². The summed E-state index contributed by atoms with van der Waals surface area (Å²) in [5, 5.41) is 3.43. The zero-order chi connectivity index (χ0) is 13.5. The predicted octanol–water partition coefficient (Wildman–Crippen LogP) is 3.51. The van der Waals surface area contributed by atoms with Crippen LogP contribution in [0, 0.1) is 12.7 Å². The van der Waals surface area contributed by atoms with Crippen LogP contribution in [0.4, 0.5) is 4.39 Å². The summed E-state index contributed by atoms with van der Waals surface area (Å²) in [6.07, 6.45) is 1.99. The summed E-state index contributed by atoms with van der Waals surface area (Å²) in [7, 11) is 0. The quantitative estimate of drug-likeness (QED) is 0.781. The van der Waals surface area contributed by atoms with E-state index in [2.05, 4.69) is 29.6 Å². The summed E-state index contributed by atoms with van der Waals surface area (Å²) < 4.78 is 13.0. The first-order valence-electron chi connectivity index (χ1n) is 6.75. The summed E-state index contributed by atoms with van der Waals surface area (Å²) >= 11 is 0. The third kappa shape index (κ3) is 4.49. The van der Waals surface area contributed by atoms with Gasteiger partial charge in [0.25, 0.3) is 0 Å². The number of rotatable bonds is 6. The van der Waals surface area contributed by atoms with Crippen molar-refractivity contribution < 1.29 is 4.39 Å². The SMILES string of the molecule is Cc1cc(F)ccc1CCNCCc1ccccc1. The van der Waals surface area contributed by atoms with Crippen LogP contribution in [0.3, 0.4) is 0 Å². The molecule has 0 saturated heterocycles. The highest BCUT2D eigenvalue weighted by Crippen LogP contribution is 2.10. The maximum atomic E-state index is 13.0. The molecule has 0 bridgehead atoms. The van der Waals surface area contributed by atoms with E-state index in [0.29, 0.717) is 0 Å². The minimum Gasteiger partial charge on any atom is -0.316 e. The number of hydrogen-bond acceptors (Lipinski definition) is 1. The molecule has 0 aromatic heterocycles. The summed E-state index contributed by atoms with van der Waals surface area (Å²) in [6, 6.07) is 15.5. The first-order chi connectivity index (χ1) is 9.25. The molecule has 0 heterocycles. The van der Waals surface area contributed by atoms with Crippen LogP contribution in [-0.4, -0.2) is 13.1 Å². The molecule has 0 atom stereocenters. The van der Waals surface area contributed by atoms with E-state index in [1.54, 1.807) is 6.07 Å². The Hall–Kier alpha value is -1.67. The van der Waals surface area contributed by atoms with Crippen molar-refractivity contribution in [2.75, 3.05) is 13.1 Å². The molecule has 100 valence electrons. The average Bonchev–Trinajstić information content (AvgIpc) is 2.42. The van der Waals surface area contributed by atoms with Crippen molar-refractivity contribution in [2.45, 2.75) is 19.8 Å². The largest absolute Gasteiger partial charge is 0.316 e. The van der Waals surface area contributed by atoms with Crippen molar-refractivity contribution in [3.63, 3.8) is 0 Å². The van der Waals surface area contributed by atoms with Crippen molar-refractivity contribution in [3.05, 3.63) is 71.0 Å². The van der Waals surface area contributed by atoms with Gasteiger partial charge in [-0.3, -0.25) is 0 Å². The van der Waals surface area contributed by atoms with Gasteiger partial charge in [0.05, 0.1) is 0 Å². The van der Waals surface area contributed by atoms with Crippen molar-refractivity contribution >= 4 is 0 Å². The van der Waals surface area contributed by atoms with E-state index in [-0.39, 0.29) is 5.82 Å². The molecule has 2 aromatic carbocycles. The van der Waals surface area contributed by atoms with E-state index in [4.69, 9.17) is 0 Å². The van der Waals surface area contributed by atoms with Gasteiger partial charge in [-0.25, -0.2) is 4.39 Å². The topological polar surface area (TPSA) is 12.0 Å². The Bertz CT molecular complexity index is 508. The molecular weight excluding hydrogens is 237 g/mol. The Balaban J connectivity index is 1.69. The Morgan fingerprint density at radius 3 is 2.42 bits per heavy atom. The molecule has 0 saturated carbocycles. The van der Waals surface area contributed by atoms with Crippen LogP contribution in [0.1, 0.15) is 16.7 Å². The zero-order valence-corrected chi connectivity index (χ0v) is 11.3. The molecule has 1 N–H and O–H groups in total. The Kier molecular flexibility index (Phi) is 5.10. The normalized spacial score (nSPS) is 10.6. The van der Waals surface area contributed by atoms with Gasteiger partial charge in [-0.2, -0.15) is 0 Å². The van der Waals surface area contributed by atoms with Crippen molar-refractivity contribution in [2.24, 2.45) is 0 Å². The van der Waals surface area contributed by atoms with Gasteiger partial charge in [0, 0.05) is 0 Å². The highest BCUT2D eigenvalue weighted by molar-refractivity contribution is 5.26. The van der Waals surface area contributed by atoms with Crippen LogP contribution >= 0.6 is 0 Å². The van der Waals surface area contributed by atoms with Crippen LogP contribution in [0.2, 0.25) is 0 Å². The molecule has 0 aliphatic heterocycles. The third-order valence-corrected chi connectivity index (χ3v) is 3.31. The van der Waals surface area contributed by atoms with Crippen LogP contribution in [0.15, 0.2) is 48.5 Å². The van der Waals surface area contributed by atoms with E-state index in [9.17, 15) is 4.39 Å². The van der Waals surface area contributed by atoms with E-state index in [1.165, 1.54) is 17.2 Å². The van der Waals surface area contributed by atoms with Gasteiger partial charge in [-0.15, -0.1) is 0 Å². The Morgan fingerprint density at radius 1 is 0.947 bits per heavy atom. The molecule has 1 nitrogen and oxygen atoms in total. The van der Waals surface area contributed by atoms with Crippen molar-refractivity contribution in [1.82, 2.24) is 5.32 Å². The monoisotopic (exact) mass is 257 g/mol. The second-order valence-corrected chi connectivity index (χ2v) is 4.81. The van der Waals surface area contributed by atoms with Gasteiger partial charge in [0.2, 0.25) is 0 Å². The third-order valence-electron chi connectivity index (χ3n) is 3.31. The maximum Gasteiger partial charge on any atom is 0.123 e. The van der Waals surface area contributed by atoms with Gasteiger partial charge in [0.15, 0.2) is 0 Å². The highest BCUT2D eigenvalue weighted by Gasteiger charge is 1.99. The number of nitrogens with one attached hydrogen (secondary N) is 1. The second-order valence-electron chi connectivity index (χ2n) is 4.81. The smallest absolute Gasteiger partial charge is 0.123 e. The summed E-state index contributed by atoms with van der Waals surface area (Å²) in [6.45, 7) is 3.87. The van der Waals surface area contributed by atoms with Crippen molar-refractivity contribution in [1.29, 1.82) is 0 Å². The summed E-state index contributed by atoms with van der Waals surface area (Å²) in [5.41, 5.74) is 3.60. The van der Waals surface area contributed by atoms with E-state index >= 15 is 0 Å². The van der Waals surface area contributed by atoms with Crippen LogP contribution < -0.4 is 5.32 Å². The zero-order valence-electron chi connectivity index (χ0n) is 11.3. The van der Waals surface area contributed by atoms with Gasteiger partial charge in [-0.1, -0.05) is 36.4 Å². The molecular formula is C17H20FN. The highest BCUT2D eigenvalue weighted by atomic mass is 19.1.